The molecule has 0 radical (unpaired) electrons. The fraction of sp³-hybridized carbons (Fsp3) is 0.455. The van der Waals surface area contributed by atoms with Gasteiger partial charge in [0.15, 0.2) is 0 Å². The number of nitrogens with one attached hydrogen (secondary N) is 1. The van der Waals surface area contributed by atoms with Gasteiger partial charge in [-0.05, 0) is 44.4 Å². The van der Waals surface area contributed by atoms with Crippen LogP contribution in [0.3, 0.4) is 0 Å². The van der Waals surface area contributed by atoms with Crippen molar-refractivity contribution in [1.82, 2.24) is 29.5 Å². The molecule has 2 aromatic heterocycles. The monoisotopic (exact) mass is 492 g/mol. The van der Waals surface area contributed by atoms with Crippen LogP contribution < -0.4 is 4.72 Å². The lowest BCUT2D eigenvalue weighted by Gasteiger charge is -2.24. The third-order valence-corrected chi connectivity index (χ3v) is 6.51. The molecule has 1 N–H and O–H groups in total. The highest BCUT2D eigenvalue weighted by Gasteiger charge is 2.31. The summed E-state index contributed by atoms with van der Waals surface area (Å²) >= 11 is 0. The standard InChI is InChI=1S/C22H26F2N6O3S/c1-13-10-25-21(26-11-13)16(14(2)29-34(31)32)9-19-27-28-22(15-5-4-8-33-12-15)30(19)20-17(23)6-3-7-18(20)24/h3,6-7,10-11,14-16,34H,4-5,8-9,12H2,1-2H3,(H,29,31,32)/t14-,15+,16-/m1/s1. The predicted molar refractivity (Wildman–Crippen MR) is 120 cm³/mol. The molecule has 0 bridgehead atoms. The summed E-state index contributed by atoms with van der Waals surface area (Å²) in [6.45, 7) is 4.51. The van der Waals surface area contributed by atoms with Crippen LogP contribution in [0, 0.1) is 18.6 Å². The molecule has 1 saturated heterocycles. The van der Waals surface area contributed by atoms with Gasteiger partial charge >= 0.3 is 0 Å². The van der Waals surface area contributed by atoms with Gasteiger partial charge in [-0.15, -0.1) is 10.2 Å². The number of para-hydroxylation sites is 1. The molecule has 1 aliphatic heterocycles. The van der Waals surface area contributed by atoms with Crippen LogP contribution in [0.4, 0.5) is 8.78 Å². The molecule has 1 fully saturated rings. The van der Waals surface area contributed by atoms with E-state index in [0.717, 1.165) is 18.4 Å². The van der Waals surface area contributed by atoms with E-state index in [1.807, 2.05) is 6.92 Å². The van der Waals surface area contributed by atoms with Crippen molar-refractivity contribution in [2.75, 3.05) is 13.2 Å². The molecule has 9 nitrogen and oxygen atoms in total. The van der Waals surface area contributed by atoms with Gasteiger partial charge in [-0.2, -0.15) is 0 Å². The zero-order chi connectivity index (χ0) is 24.2. The van der Waals surface area contributed by atoms with Crippen LogP contribution in [0.25, 0.3) is 5.69 Å². The highest BCUT2D eigenvalue weighted by Crippen LogP contribution is 2.31. The van der Waals surface area contributed by atoms with Crippen molar-refractivity contribution in [1.29, 1.82) is 0 Å². The molecule has 0 aliphatic carbocycles. The molecule has 34 heavy (non-hydrogen) atoms. The van der Waals surface area contributed by atoms with Crippen molar-refractivity contribution in [3.05, 3.63) is 65.3 Å². The van der Waals surface area contributed by atoms with E-state index in [9.17, 15) is 17.2 Å². The fourth-order valence-corrected chi connectivity index (χ4v) is 4.67. The van der Waals surface area contributed by atoms with Gasteiger partial charge in [-0.1, -0.05) is 6.07 Å². The number of halogens is 2. The zero-order valence-corrected chi connectivity index (χ0v) is 19.7. The summed E-state index contributed by atoms with van der Waals surface area (Å²) in [5, 5.41) is 8.58. The Morgan fingerprint density at radius 2 is 1.91 bits per heavy atom. The highest BCUT2D eigenvalue weighted by atomic mass is 32.2. The van der Waals surface area contributed by atoms with E-state index in [2.05, 4.69) is 24.9 Å². The number of aryl methyl sites for hydroxylation is 1. The minimum atomic E-state index is -2.90. The number of thiol groups is 1. The van der Waals surface area contributed by atoms with Crippen molar-refractivity contribution in [3.8, 4) is 5.69 Å². The van der Waals surface area contributed by atoms with Gasteiger partial charge in [-0.3, -0.25) is 4.57 Å². The van der Waals surface area contributed by atoms with Gasteiger partial charge in [0.2, 0.25) is 10.9 Å². The summed E-state index contributed by atoms with van der Waals surface area (Å²) in [6.07, 6.45) is 4.89. The Kier molecular flexibility index (Phi) is 7.59. The Balaban J connectivity index is 1.81. The number of hydrogen-bond acceptors (Lipinski definition) is 7. The number of rotatable bonds is 8. The Morgan fingerprint density at radius 3 is 2.53 bits per heavy atom. The van der Waals surface area contributed by atoms with Crippen LogP contribution >= 0.6 is 0 Å². The van der Waals surface area contributed by atoms with E-state index in [1.54, 1.807) is 19.3 Å². The normalized spacial score (nSPS) is 18.2. The maximum Gasteiger partial charge on any atom is 0.201 e. The number of hydrogen-bond donors (Lipinski definition) is 2. The van der Waals surface area contributed by atoms with E-state index in [0.29, 0.717) is 24.9 Å². The topological polar surface area (TPSA) is 112 Å². The Bertz CT molecular complexity index is 1180. The summed E-state index contributed by atoms with van der Waals surface area (Å²) in [6, 6.07) is 3.04. The predicted octanol–water partition coefficient (Wildman–Crippen LogP) is 2.37. The molecule has 1 aromatic carbocycles. The van der Waals surface area contributed by atoms with Crippen molar-refractivity contribution in [2.24, 2.45) is 0 Å². The summed E-state index contributed by atoms with van der Waals surface area (Å²) in [4.78, 5) is 8.73. The first kappa shape index (κ1) is 24.3. The second kappa shape index (κ2) is 10.6. The number of aromatic nitrogens is 5. The molecular weight excluding hydrogens is 466 g/mol. The molecule has 0 saturated carbocycles. The van der Waals surface area contributed by atoms with Gasteiger partial charge in [0.05, 0.1) is 6.61 Å². The molecule has 3 aromatic rings. The van der Waals surface area contributed by atoms with Gasteiger partial charge in [0.25, 0.3) is 0 Å². The molecule has 0 amide bonds. The molecular formula is C22H26F2N6O3S. The molecule has 0 unspecified atom stereocenters. The first-order chi connectivity index (χ1) is 16.3. The fourth-order valence-electron chi connectivity index (χ4n) is 4.16. The van der Waals surface area contributed by atoms with Crippen molar-refractivity contribution < 1.29 is 21.9 Å². The Labute approximate surface area is 197 Å². The van der Waals surface area contributed by atoms with Gasteiger partial charge in [0, 0.05) is 43.3 Å². The van der Waals surface area contributed by atoms with Crippen LogP contribution in [0.1, 0.15) is 54.6 Å². The SMILES string of the molecule is Cc1cnc([C@H](Cc2nnc([C@H]3CCCOC3)n2-c2c(F)cccc2F)[C@@H](C)N[SH](=O)=O)nc1. The third-order valence-electron chi connectivity index (χ3n) is 5.89. The quantitative estimate of drug-likeness (QED) is 0.465. The summed E-state index contributed by atoms with van der Waals surface area (Å²) in [5.74, 6) is -1.21. The van der Waals surface area contributed by atoms with E-state index >= 15 is 0 Å². The van der Waals surface area contributed by atoms with E-state index in [4.69, 9.17) is 4.74 Å². The highest BCUT2D eigenvalue weighted by molar-refractivity contribution is 7.70. The minimum absolute atomic E-state index is 0.0920. The van der Waals surface area contributed by atoms with E-state index < -0.39 is 34.5 Å². The molecule has 3 atom stereocenters. The lowest BCUT2D eigenvalue weighted by Crippen LogP contribution is -2.34. The van der Waals surface area contributed by atoms with Crippen LogP contribution in [0.5, 0.6) is 0 Å². The van der Waals surface area contributed by atoms with Gasteiger partial charge < -0.3 is 4.74 Å². The van der Waals surface area contributed by atoms with Crippen molar-refractivity contribution >= 4 is 10.9 Å². The van der Waals surface area contributed by atoms with Crippen molar-refractivity contribution in [3.63, 3.8) is 0 Å². The molecule has 12 heteroatoms. The molecule has 3 heterocycles. The number of benzene rings is 1. The average Bonchev–Trinajstić information content (AvgIpc) is 3.21. The first-order valence-electron chi connectivity index (χ1n) is 11.0. The van der Waals surface area contributed by atoms with Crippen molar-refractivity contribution in [2.45, 2.75) is 51.0 Å². The number of nitrogens with zero attached hydrogens (tertiary/aromatic N) is 5. The minimum Gasteiger partial charge on any atom is -0.381 e. The first-order valence-corrected chi connectivity index (χ1v) is 12.2. The van der Waals surface area contributed by atoms with Gasteiger partial charge in [0.1, 0.15) is 34.8 Å². The molecule has 0 spiro atoms. The van der Waals surface area contributed by atoms with Gasteiger partial charge in [-0.25, -0.2) is 31.9 Å². The Morgan fingerprint density at radius 1 is 1.21 bits per heavy atom. The third kappa shape index (κ3) is 5.29. The maximum absolute atomic E-state index is 14.9. The maximum atomic E-state index is 14.9. The molecule has 1 aliphatic rings. The summed E-state index contributed by atoms with van der Waals surface area (Å²) in [5.41, 5.74) is 0.566. The second-order valence-corrected chi connectivity index (χ2v) is 9.17. The molecule has 182 valence electrons. The smallest absolute Gasteiger partial charge is 0.201 e. The Hall–Kier alpha value is -2.83. The van der Waals surface area contributed by atoms with Crippen LogP contribution in [-0.2, 0) is 22.0 Å². The van der Waals surface area contributed by atoms with E-state index in [-0.39, 0.29) is 23.9 Å². The summed E-state index contributed by atoms with van der Waals surface area (Å²) < 4.78 is 62.0. The summed E-state index contributed by atoms with van der Waals surface area (Å²) in [7, 11) is -2.90. The van der Waals surface area contributed by atoms with Crippen LogP contribution in [0.2, 0.25) is 0 Å². The second-order valence-electron chi connectivity index (χ2n) is 8.40. The zero-order valence-electron chi connectivity index (χ0n) is 18.8. The lowest BCUT2D eigenvalue weighted by atomic mass is 9.96. The average molecular weight is 493 g/mol. The van der Waals surface area contributed by atoms with Crippen LogP contribution in [-0.4, -0.2) is 52.4 Å². The lowest BCUT2D eigenvalue weighted by molar-refractivity contribution is 0.0774. The largest absolute Gasteiger partial charge is 0.381 e. The molecule has 4 rings (SSSR count). The number of ether oxygens (including phenoxy) is 1. The van der Waals surface area contributed by atoms with Crippen LogP contribution in [0.15, 0.2) is 30.6 Å². The van der Waals surface area contributed by atoms with E-state index in [1.165, 1.54) is 22.8 Å².